The summed E-state index contributed by atoms with van der Waals surface area (Å²) in [6, 6.07) is 12.0. The van der Waals surface area contributed by atoms with Crippen LogP contribution < -0.4 is 9.47 Å². The Bertz CT molecular complexity index is 1020. The van der Waals surface area contributed by atoms with Crippen molar-refractivity contribution in [1.29, 1.82) is 0 Å². The van der Waals surface area contributed by atoms with Crippen LogP contribution >= 0.6 is 11.6 Å². The first-order valence-corrected chi connectivity index (χ1v) is 9.10. The van der Waals surface area contributed by atoms with Crippen molar-refractivity contribution in [3.05, 3.63) is 64.3 Å². The summed E-state index contributed by atoms with van der Waals surface area (Å²) in [5, 5.41) is 0.443. The third-order valence-corrected chi connectivity index (χ3v) is 4.67. The van der Waals surface area contributed by atoms with Gasteiger partial charge in [-0.25, -0.2) is 9.79 Å². The lowest BCUT2D eigenvalue weighted by Gasteiger charge is -2.09. The minimum absolute atomic E-state index is 0.0164. The standard InChI is InChI=1S/C21H16ClNO5/c1-26-18-11-12(6-9-17(18)27-20(24)13-7-8-13)10-16-21(25)28-19(23-16)14-4-2-3-5-15(14)22/h2-6,9-11,13H,7-8H2,1H3/b16-10-. The van der Waals surface area contributed by atoms with Crippen LogP contribution in [0.15, 0.2) is 53.2 Å². The molecule has 0 atom stereocenters. The lowest BCUT2D eigenvalue weighted by Crippen LogP contribution is -2.10. The summed E-state index contributed by atoms with van der Waals surface area (Å²) in [6.45, 7) is 0. The Balaban J connectivity index is 1.60. The SMILES string of the molecule is COc1cc(/C=C2\N=C(c3ccccc3Cl)OC2=O)ccc1OC(=O)C1CC1. The molecule has 0 saturated heterocycles. The largest absolute Gasteiger partial charge is 0.493 e. The van der Waals surface area contributed by atoms with E-state index in [1.54, 1.807) is 48.5 Å². The smallest absolute Gasteiger partial charge is 0.363 e. The molecule has 1 saturated carbocycles. The predicted molar refractivity (Wildman–Crippen MR) is 103 cm³/mol. The Morgan fingerprint density at radius 1 is 1.21 bits per heavy atom. The van der Waals surface area contributed by atoms with Gasteiger partial charge in [-0.1, -0.05) is 29.8 Å². The van der Waals surface area contributed by atoms with E-state index in [4.69, 9.17) is 25.8 Å². The van der Waals surface area contributed by atoms with Crippen LogP contribution in [-0.2, 0) is 14.3 Å². The molecule has 6 nitrogen and oxygen atoms in total. The topological polar surface area (TPSA) is 74.2 Å². The molecule has 1 fully saturated rings. The number of aliphatic imine (C=N–C) groups is 1. The lowest BCUT2D eigenvalue weighted by molar-refractivity contribution is -0.136. The fourth-order valence-corrected chi connectivity index (χ4v) is 2.90. The van der Waals surface area contributed by atoms with Gasteiger partial charge in [-0.3, -0.25) is 4.79 Å². The number of carbonyl (C=O) groups excluding carboxylic acids is 2. The fourth-order valence-electron chi connectivity index (χ4n) is 2.69. The summed E-state index contributed by atoms with van der Waals surface area (Å²) in [5.74, 6) is 0.0536. The van der Waals surface area contributed by atoms with Crippen LogP contribution in [0, 0.1) is 5.92 Å². The van der Waals surface area contributed by atoms with Gasteiger partial charge < -0.3 is 14.2 Å². The van der Waals surface area contributed by atoms with E-state index in [0.29, 0.717) is 27.6 Å². The van der Waals surface area contributed by atoms with Crippen LogP contribution in [0.25, 0.3) is 6.08 Å². The zero-order chi connectivity index (χ0) is 19.7. The molecule has 0 bridgehead atoms. The summed E-state index contributed by atoms with van der Waals surface area (Å²) < 4.78 is 15.9. The normalized spacial score (nSPS) is 17.3. The van der Waals surface area contributed by atoms with Gasteiger partial charge in [0.05, 0.1) is 23.6 Å². The number of halogens is 1. The molecule has 7 heteroatoms. The second-order valence-electron chi connectivity index (χ2n) is 6.42. The van der Waals surface area contributed by atoms with Crippen LogP contribution in [0.1, 0.15) is 24.0 Å². The summed E-state index contributed by atoms with van der Waals surface area (Å²) in [6.07, 6.45) is 3.29. The number of esters is 2. The van der Waals surface area contributed by atoms with Crippen molar-refractivity contribution in [3.63, 3.8) is 0 Å². The van der Waals surface area contributed by atoms with Crippen LogP contribution in [0.4, 0.5) is 0 Å². The number of hydrogen-bond acceptors (Lipinski definition) is 6. The molecule has 2 aromatic rings. The Kier molecular flexibility index (Phi) is 4.88. The van der Waals surface area contributed by atoms with Crippen LogP contribution in [0.3, 0.4) is 0 Å². The van der Waals surface area contributed by atoms with E-state index < -0.39 is 5.97 Å². The van der Waals surface area contributed by atoms with E-state index in [-0.39, 0.29) is 23.5 Å². The molecule has 28 heavy (non-hydrogen) atoms. The molecular formula is C21H16ClNO5. The van der Waals surface area contributed by atoms with Gasteiger partial charge in [0, 0.05) is 0 Å². The van der Waals surface area contributed by atoms with Gasteiger partial charge in [0.25, 0.3) is 0 Å². The van der Waals surface area contributed by atoms with Crippen molar-refractivity contribution < 1.29 is 23.8 Å². The molecule has 0 unspecified atom stereocenters. The molecule has 2 aromatic carbocycles. The van der Waals surface area contributed by atoms with Gasteiger partial charge in [-0.05, 0) is 48.7 Å². The van der Waals surface area contributed by atoms with Crippen LogP contribution in [-0.4, -0.2) is 24.9 Å². The quantitative estimate of drug-likeness (QED) is 0.433. The van der Waals surface area contributed by atoms with Gasteiger partial charge >= 0.3 is 11.9 Å². The summed E-state index contributed by atoms with van der Waals surface area (Å²) in [7, 11) is 1.48. The second kappa shape index (κ2) is 7.48. The Labute approximate surface area is 166 Å². The zero-order valence-electron chi connectivity index (χ0n) is 15.0. The lowest BCUT2D eigenvalue weighted by atomic mass is 10.1. The Morgan fingerprint density at radius 2 is 2.00 bits per heavy atom. The molecular weight excluding hydrogens is 382 g/mol. The van der Waals surface area contributed by atoms with Crippen molar-refractivity contribution in [2.24, 2.45) is 10.9 Å². The molecule has 0 N–H and O–H groups in total. The number of carbonyl (C=O) groups is 2. The van der Waals surface area contributed by atoms with E-state index in [2.05, 4.69) is 4.99 Å². The zero-order valence-corrected chi connectivity index (χ0v) is 15.7. The molecule has 0 spiro atoms. The van der Waals surface area contributed by atoms with Crippen molar-refractivity contribution in [2.45, 2.75) is 12.8 Å². The monoisotopic (exact) mass is 397 g/mol. The van der Waals surface area contributed by atoms with Gasteiger partial charge in [0.1, 0.15) is 0 Å². The molecule has 4 rings (SSSR count). The highest BCUT2D eigenvalue weighted by Gasteiger charge is 2.32. The van der Waals surface area contributed by atoms with Crippen molar-refractivity contribution >= 4 is 35.5 Å². The van der Waals surface area contributed by atoms with Crippen molar-refractivity contribution in [3.8, 4) is 11.5 Å². The number of methoxy groups -OCH3 is 1. The van der Waals surface area contributed by atoms with Crippen LogP contribution in [0.5, 0.6) is 11.5 Å². The number of rotatable bonds is 5. The van der Waals surface area contributed by atoms with Crippen LogP contribution in [0.2, 0.25) is 5.02 Å². The van der Waals surface area contributed by atoms with E-state index >= 15 is 0 Å². The highest BCUT2D eigenvalue weighted by Crippen LogP contribution is 2.34. The van der Waals surface area contributed by atoms with Gasteiger partial charge in [0.2, 0.25) is 5.90 Å². The highest BCUT2D eigenvalue weighted by atomic mass is 35.5. The predicted octanol–water partition coefficient (Wildman–Crippen LogP) is 4.01. The van der Waals surface area contributed by atoms with E-state index in [9.17, 15) is 9.59 Å². The minimum Gasteiger partial charge on any atom is -0.493 e. The van der Waals surface area contributed by atoms with Gasteiger partial charge in [-0.15, -0.1) is 0 Å². The van der Waals surface area contributed by atoms with Gasteiger partial charge in [0.15, 0.2) is 17.2 Å². The number of nitrogens with zero attached hydrogens (tertiary/aromatic N) is 1. The summed E-state index contributed by atoms with van der Waals surface area (Å²) in [4.78, 5) is 28.3. The van der Waals surface area contributed by atoms with E-state index in [0.717, 1.165) is 12.8 Å². The molecule has 1 aliphatic carbocycles. The molecule has 1 heterocycles. The van der Waals surface area contributed by atoms with Crippen molar-refractivity contribution in [1.82, 2.24) is 0 Å². The molecule has 2 aliphatic rings. The Hall–Kier alpha value is -3.12. The number of benzene rings is 2. The first-order valence-electron chi connectivity index (χ1n) is 8.72. The molecule has 0 amide bonds. The first-order chi connectivity index (χ1) is 13.5. The van der Waals surface area contributed by atoms with Gasteiger partial charge in [-0.2, -0.15) is 0 Å². The molecule has 0 radical (unpaired) electrons. The number of cyclic esters (lactones) is 1. The highest BCUT2D eigenvalue weighted by molar-refractivity contribution is 6.34. The maximum absolute atomic E-state index is 12.2. The maximum atomic E-state index is 12.2. The fraction of sp³-hybridized carbons (Fsp3) is 0.190. The van der Waals surface area contributed by atoms with E-state index in [1.807, 2.05) is 0 Å². The third kappa shape index (κ3) is 3.77. The summed E-state index contributed by atoms with van der Waals surface area (Å²) >= 11 is 6.14. The maximum Gasteiger partial charge on any atom is 0.363 e. The van der Waals surface area contributed by atoms with E-state index in [1.165, 1.54) is 7.11 Å². The average molecular weight is 398 g/mol. The third-order valence-electron chi connectivity index (χ3n) is 4.34. The Morgan fingerprint density at radius 3 is 2.71 bits per heavy atom. The first kappa shape index (κ1) is 18.3. The number of ether oxygens (including phenoxy) is 3. The second-order valence-corrected chi connectivity index (χ2v) is 6.83. The number of hydrogen-bond donors (Lipinski definition) is 0. The van der Waals surface area contributed by atoms with Crippen molar-refractivity contribution in [2.75, 3.05) is 7.11 Å². The summed E-state index contributed by atoms with van der Waals surface area (Å²) in [5.41, 5.74) is 1.33. The molecule has 142 valence electrons. The minimum atomic E-state index is -0.571. The molecule has 0 aromatic heterocycles. The molecule has 1 aliphatic heterocycles. The average Bonchev–Trinajstić information content (AvgIpc) is 3.48.